The predicted molar refractivity (Wildman–Crippen MR) is 133 cm³/mol. The molecular formula is C22H15BrCl3F3N2O3S. The van der Waals surface area contributed by atoms with Gasteiger partial charge in [0.25, 0.3) is 0 Å². The van der Waals surface area contributed by atoms with Crippen molar-refractivity contribution in [2.75, 3.05) is 11.9 Å². The van der Waals surface area contributed by atoms with E-state index in [4.69, 9.17) is 34.8 Å². The molecule has 0 aliphatic rings. The summed E-state index contributed by atoms with van der Waals surface area (Å²) in [5.74, 6) is -0.896. The lowest BCUT2D eigenvalue weighted by Crippen LogP contribution is -2.37. The van der Waals surface area contributed by atoms with Crippen LogP contribution in [-0.2, 0) is 27.5 Å². The average Bonchev–Trinajstić information content (AvgIpc) is 2.77. The summed E-state index contributed by atoms with van der Waals surface area (Å²) in [4.78, 5) is 12.7. The molecular weight excluding hydrogens is 616 g/mol. The van der Waals surface area contributed by atoms with E-state index in [2.05, 4.69) is 21.2 Å². The molecule has 0 bridgehead atoms. The summed E-state index contributed by atoms with van der Waals surface area (Å²) in [5.41, 5.74) is -0.889. The Bertz CT molecular complexity index is 1350. The smallest absolute Gasteiger partial charge is 0.324 e. The van der Waals surface area contributed by atoms with Gasteiger partial charge in [-0.15, -0.1) is 0 Å². The number of rotatable bonds is 7. The SMILES string of the molecule is O=C(CN(Cc1ccc(Cl)c(Cl)c1)S(=O)(=O)c1ccc(Br)cc1)Nc1cc(C(F)(F)F)ccc1Cl. The Morgan fingerprint density at radius 3 is 2.14 bits per heavy atom. The third-order valence-corrected chi connectivity index (χ3v) is 8.09. The van der Waals surface area contributed by atoms with Gasteiger partial charge in [-0.1, -0.05) is 56.8 Å². The van der Waals surface area contributed by atoms with Gasteiger partial charge >= 0.3 is 6.18 Å². The number of anilines is 1. The molecule has 13 heteroatoms. The largest absolute Gasteiger partial charge is 0.416 e. The molecule has 1 amide bonds. The van der Waals surface area contributed by atoms with Crippen LogP contribution >= 0.6 is 50.7 Å². The van der Waals surface area contributed by atoms with E-state index < -0.39 is 34.2 Å². The molecule has 1 N–H and O–H groups in total. The summed E-state index contributed by atoms with van der Waals surface area (Å²) in [6, 6.07) is 12.7. The summed E-state index contributed by atoms with van der Waals surface area (Å²) in [6.07, 6.45) is -4.66. The van der Waals surface area contributed by atoms with E-state index in [1.807, 2.05) is 0 Å². The molecule has 3 rings (SSSR count). The van der Waals surface area contributed by atoms with Crippen molar-refractivity contribution < 1.29 is 26.4 Å². The first-order valence-electron chi connectivity index (χ1n) is 9.63. The maximum atomic E-state index is 13.3. The minimum absolute atomic E-state index is 0.0920. The van der Waals surface area contributed by atoms with Crippen LogP contribution in [0.5, 0.6) is 0 Å². The number of amides is 1. The summed E-state index contributed by atoms with van der Waals surface area (Å²) in [5, 5.41) is 2.56. The maximum absolute atomic E-state index is 13.3. The van der Waals surface area contributed by atoms with Gasteiger partial charge in [0.15, 0.2) is 0 Å². The number of alkyl halides is 3. The first-order valence-corrected chi connectivity index (χ1v) is 13.0. The predicted octanol–water partition coefficient (Wildman–Crippen LogP) is 7.26. The maximum Gasteiger partial charge on any atom is 0.416 e. The van der Waals surface area contributed by atoms with Gasteiger partial charge < -0.3 is 5.32 Å². The zero-order chi connectivity index (χ0) is 26.0. The number of hydrogen-bond acceptors (Lipinski definition) is 3. The highest BCUT2D eigenvalue weighted by Crippen LogP contribution is 2.34. The van der Waals surface area contributed by atoms with Crippen LogP contribution in [0, 0.1) is 0 Å². The van der Waals surface area contributed by atoms with E-state index in [1.54, 1.807) is 6.07 Å². The number of benzene rings is 3. The molecule has 0 saturated heterocycles. The molecule has 0 unspecified atom stereocenters. The Morgan fingerprint density at radius 1 is 0.914 bits per heavy atom. The fraction of sp³-hybridized carbons (Fsp3) is 0.136. The molecule has 186 valence electrons. The van der Waals surface area contributed by atoms with Gasteiger partial charge in [0, 0.05) is 11.0 Å². The summed E-state index contributed by atoms with van der Waals surface area (Å²) < 4.78 is 67.4. The lowest BCUT2D eigenvalue weighted by Gasteiger charge is -2.22. The lowest BCUT2D eigenvalue weighted by atomic mass is 10.2. The molecule has 0 spiro atoms. The van der Waals surface area contributed by atoms with Gasteiger partial charge in [-0.25, -0.2) is 8.42 Å². The van der Waals surface area contributed by atoms with Crippen molar-refractivity contribution in [3.05, 3.63) is 91.3 Å². The van der Waals surface area contributed by atoms with Crippen LogP contribution in [0.15, 0.2) is 70.0 Å². The second kappa shape index (κ2) is 11.1. The first kappa shape index (κ1) is 27.8. The highest BCUT2D eigenvalue weighted by Gasteiger charge is 2.32. The fourth-order valence-electron chi connectivity index (χ4n) is 2.97. The number of nitrogens with one attached hydrogen (secondary N) is 1. The highest BCUT2D eigenvalue weighted by molar-refractivity contribution is 9.10. The van der Waals surface area contributed by atoms with Crippen LogP contribution in [0.1, 0.15) is 11.1 Å². The standard InChI is InChI=1S/C22H15BrCl3F3N2O3S/c23-15-3-5-16(6-4-15)35(33,34)31(11-13-1-7-17(24)19(26)9-13)12-21(32)30-20-10-14(22(27,28)29)2-8-18(20)25/h1-10H,11-12H2,(H,30,32). The zero-order valence-electron chi connectivity index (χ0n) is 17.4. The van der Waals surface area contributed by atoms with Crippen molar-refractivity contribution in [1.29, 1.82) is 0 Å². The molecule has 0 atom stereocenters. The van der Waals surface area contributed by atoms with Crippen LogP contribution in [0.25, 0.3) is 0 Å². The van der Waals surface area contributed by atoms with Gasteiger partial charge in [0.2, 0.25) is 15.9 Å². The fourth-order valence-corrected chi connectivity index (χ4v) is 5.10. The van der Waals surface area contributed by atoms with Crippen molar-refractivity contribution in [2.24, 2.45) is 0 Å². The highest BCUT2D eigenvalue weighted by atomic mass is 79.9. The van der Waals surface area contributed by atoms with Crippen molar-refractivity contribution in [2.45, 2.75) is 17.6 Å². The van der Waals surface area contributed by atoms with Crippen molar-refractivity contribution in [3.8, 4) is 0 Å². The van der Waals surface area contributed by atoms with Crippen LogP contribution in [0.3, 0.4) is 0 Å². The second-order valence-electron chi connectivity index (χ2n) is 7.22. The van der Waals surface area contributed by atoms with Gasteiger partial charge in [0.05, 0.1) is 37.8 Å². The van der Waals surface area contributed by atoms with Crippen molar-refractivity contribution >= 4 is 72.4 Å². The van der Waals surface area contributed by atoms with Crippen LogP contribution in [-0.4, -0.2) is 25.2 Å². The van der Waals surface area contributed by atoms with E-state index in [-0.39, 0.29) is 32.2 Å². The van der Waals surface area contributed by atoms with E-state index in [9.17, 15) is 26.4 Å². The molecule has 3 aromatic rings. The molecule has 0 aliphatic heterocycles. The molecule has 0 radical (unpaired) electrons. The van der Waals surface area contributed by atoms with Crippen LogP contribution < -0.4 is 5.32 Å². The number of hydrogen-bond donors (Lipinski definition) is 1. The third-order valence-electron chi connectivity index (χ3n) is 4.68. The number of carbonyl (C=O) groups is 1. The summed E-state index contributed by atoms with van der Waals surface area (Å²) >= 11 is 21.1. The van der Waals surface area contributed by atoms with E-state index in [0.29, 0.717) is 16.1 Å². The quantitative estimate of drug-likeness (QED) is 0.299. The topological polar surface area (TPSA) is 66.5 Å². The molecule has 35 heavy (non-hydrogen) atoms. The lowest BCUT2D eigenvalue weighted by molar-refractivity contribution is -0.137. The summed E-state index contributed by atoms with van der Waals surface area (Å²) in [7, 11) is -4.21. The Hall–Kier alpha value is -1.82. The Kier molecular flexibility index (Phi) is 8.77. The Labute approximate surface area is 223 Å². The van der Waals surface area contributed by atoms with E-state index >= 15 is 0 Å². The van der Waals surface area contributed by atoms with Crippen molar-refractivity contribution in [1.82, 2.24) is 4.31 Å². The molecule has 0 aliphatic carbocycles. The molecule has 0 saturated carbocycles. The average molecular weight is 631 g/mol. The second-order valence-corrected chi connectivity index (χ2v) is 11.3. The third kappa shape index (κ3) is 7.12. The first-order chi connectivity index (χ1) is 16.3. The van der Waals surface area contributed by atoms with Gasteiger partial charge in [-0.3, -0.25) is 4.79 Å². The molecule has 0 aromatic heterocycles. The van der Waals surface area contributed by atoms with Gasteiger partial charge in [-0.2, -0.15) is 17.5 Å². The molecule has 3 aromatic carbocycles. The van der Waals surface area contributed by atoms with Crippen LogP contribution in [0.2, 0.25) is 15.1 Å². The molecule has 0 heterocycles. The minimum Gasteiger partial charge on any atom is -0.324 e. The van der Waals surface area contributed by atoms with E-state index in [0.717, 1.165) is 16.4 Å². The minimum atomic E-state index is -4.66. The number of halogens is 7. The summed E-state index contributed by atoms with van der Waals surface area (Å²) in [6.45, 7) is -0.982. The van der Waals surface area contributed by atoms with E-state index in [1.165, 1.54) is 36.4 Å². The Morgan fingerprint density at radius 2 is 1.54 bits per heavy atom. The number of sulfonamides is 1. The monoisotopic (exact) mass is 628 g/mol. The molecule has 0 fully saturated rings. The normalized spacial score (nSPS) is 12.1. The number of carbonyl (C=O) groups excluding carboxylic acids is 1. The molecule has 5 nitrogen and oxygen atoms in total. The zero-order valence-corrected chi connectivity index (χ0v) is 22.1. The van der Waals surface area contributed by atoms with Crippen LogP contribution in [0.4, 0.5) is 18.9 Å². The van der Waals surface area contributed by atoms with Gasteiger partial charge in [0.1, 0.15) is 0 Å². The van der Waals surface area contributed by atoms with Gasteiger partial charge in [-0.05, 0) is 60.2 Å². The Balaban J connectivity index is 1.92. The number of nitrogens with zero attached hydrogens (tertiary/aromatic N) is 1. The van der Waals surface area contributed by atoms with Crippen molar-refractivity contribution in [3.63, 3.8) is 0 Å².